The van der Waals surface area contributed by atoms with Crippen molar-refractivity contribution in [2.45, 2.75) is 38.6 Å². The molecule has 1 aromatic carbocycles. The average Bonchev–Trinajstić information content (AvgIpc) is 3.05. The number of rotatable bonds is 6. The number of carbonyl (C=O) groups is 1. The van der Waals surface area contributed by atoms with Gasteiger partial charge >= 0.3 is 0 Å². The van der Waals surface area contributed by atoms with Gasteiger partial charge in [-0.3, -0.25) is 4.79 Å². The number of nitrogens with zero attached hydrogens (tertiary/aromatic N) is 2. The lowest BCUT2D eigenvalue weighted by molar-refractivity contribution is -0.160. The summed E-state index contributed by atoms with van der Waals surface area (Å²) < 4.78 is 24.8. The van der Waals surface area contributed by atoms with Gasteiger partial charge in [-0.15, -0.1) is 0 Å². The minimum Gasteiger partial charge on any atom is -0.383 e. The van der Waals surface area contributed by atoms with Gasteiger partial charge in [-0.25, -0.2) is 4.39 Å². The summed E-state index contributed by atoms with van der Waals surface area (Å²) in [5.74, 6) is -1.50. The Morgan fingerprint density at radius 2 is 2.23 bits per heavy atom. The van der Waals surface area contributed by atoms with Crippen LogP contribution in [-0.4, -0.2) is 51.7 Å². The van der Waals surface area contributed by atoms with E-state index in [0.717, 1.165) is 0 Å². The first-order valence-corrected chi connectivity index (χ1v) is 9.87. The van der Waals surface area contributed by atoms with E-state index in [0.29, 0.717) is 5.76 Å². The smallest absolute Gasteiger partial charge is 0.236 e. The highest BCUT2D eigenvalue weighted by Gasteiger charge is 2.54. The topological polar surface area (TPSA) is 99.9 Å². The number of ether oxygens (including phenoxy) is 1. The number of halogens is 1. The third-order valence-electron chi connectivity index (χ3n) is 5.16. The fraction of sp³-hybridized carbons (Fsp3) is 0.450. The molecule has 4 atom stereocenters. The van der Waals surface area contributed by atoms with Crippen LogP contribution in [-0.2, 0) is 9.53 Å². The number of amides is 1. The second kappa shape index (κ2) is 8.66. The molecule has 3 rings (SSSR count). The molecular weight excluding hydrogens is 411 g/mol. The average molecular weight is 437 g/mol. The lowest BCUT2D eigenvalue weighted by Gasteiger charge is -2.52. The number of aryl methyl sites for hydroxylation is 1. The Morgan fingerprint density at radius 1 is 1.53 bits per heavy atom. The van der Waals surface area contributed by atoms with Crippen molar-refractivity contribution in [1.82, 2.24) is 15.4 Å². The number of aliphatic hydroxyl groups is 1. The molecule has 1 fully saturated rings. The summed E-state index contributed by atoms with van der Waals surface area (Å²) in [6.45, 7) is 5.25. The van der Waals surface area contributed by atoms with Crippen molar-refractivity contribution in [3.8, 4) is 0 Å². The number of hydrogen-bond acceptors (Lipinski definition) is 6. The van der Waals surface area contributed by atoms with Crippen LogP contribution in [0.3, 0.4) is 0 Å². The first-order chi connectivity index (χ1) is 14.2. The van der Waals surface area contributed by atoms with Crippen LogP contribution in [0, 0.1) is 18.7 Å². The quantitative estimate of drug-likeness (QED) is 0.594. The Labute approximate surface area is 179 Å². The fourth-order valence-electron chi connectivity index (χ4n) is 3.93. The molecule has 0 saturated carbocycles. The number of carbonyl (C=O) groups excluding carboxylic acids is 1. The van der Waals surface area contributed by atoms with Crippen molar-refractivity contribution in [2.24, 2.45) is 5.92 Å². The number of nitrogens with one attached hydrogen (secondary N) is 2. The second-order valence-corrected chi connectivity index (χ2v) is 7.89. The zero-order valence-corrected chi connectivity index (χ0v) is 18.0. The van der Waals surface area contributed by atoms with E-state index < -0.39 is 29.4 Å². The fourth-order valence-corrected chi connectivity index (χ4v) is 4.42. The standard InChI is InChI=1S/C20H25FN4O4S/c1-11(10-28-4)25-19(30)23-17(13-7-5-6-8-14(13)21)16(20(25,3)27)18(26)22-15-9-12(2)29-24-15/h5-9,11,16-17,27H,10H2,1-4H3,(H,23,30)(H,22,24,26)/t11-,16-,17+,20+/m0/s1. The number of hydrogen-bond donors (Lipinski definition) is 3. The van der Waals surface area contributed by atoms with Crippen molar-refractivity contribution in [3.05, 3.63) is 47.5 Å². The molecule has 0 aliphatic carbocycles. The molecule has 1 aromatic heterocycles. The molecule has 2 aromatic rings. The summed E-state index contributed by atoms with van der Waals surface area (Å²) in [5, 5.41) is 21.2. The summed E-state index contributed by atoms with van der Waals surface area (Å²) in [5.41, 5.74) is -1.54. The van der Waals surface area contributed by atoms with Crippen molar-refractivity contribution in [2.75, 3.05) is 19.0 Å². The molecule has 8 nitrogen and oxygen atoms in total. The molecule has 3 N–H and O–H groups in total. The molecule has 0 spiro atoms. The van der Waals surface area contributed by atoms with Gasteiger partial charge in [-0.2, -0.15) is 0 Å². The van der Waals surface area contributed by atoms with E-state index in [1.807, 2.05) is 6.92 Å². The predicted octanol–water partition coefficient (Wildman–Crippen LogP) is 2.35. The van der Waals surface area contributed by atoms with E-state index in [9.17, 15) is 14.3 Å². The minimum absolute atomic E-state index is 0.194. The van der Waals surface area contributed by atoms with E-state index in [1.165, 1.54) is 25.0 Å². The molecular formula is C20H25FN4O4S. The predicted molar refractivity (Wildman–Crippen MR) is 112 cm³/mol. The van der Waals surface area contributed by atoms with Gasteiger partial charge in [0.05, 0.1) is 18.7 Å². The van der Waals surface area contributed by atoms with Gasteiger partial charge < -0.3 is 29.9 Å². The molecule has 0 unspecified atom stereocenters. The normalized spacial score (nSPS) is 25.0. The highest BCUT2D eigenvalue weighted by Crippen LogP contribution is 2.40. The molecule has 2 heterocycles. The van der Waals surface area contributed by atoms with Gasteiger partial charge in [0.15, 0.2) is 16.7 Å². The maximum atomic E-state index is 14.6. The zero-order valence-electron chi connectivity index (χ0n) is 17.2. The van der Waals surface area contributed by atoms with Crippen LogP contribution in [0.1, 0.15) is 31.2 Å². The largest absolute Gasteiger partial charge is 0.383 e. The lowest BCUT2D eigenvalue weighted by atomic mass is 9.81. The zero-order chi connectivity index (χ0) is 22.1. The van der Waals surface area contributed by atoms with E-state index in [2.05, 4.69) is 15.8 Å². The summed E-state index contributed by atoms with van der Waals surface area (Å²) in [6.07, 6.45) is 0. The van der Waals surface area contributed by atoms with Crippen LogP contribution in [0.15, 0.2) is 34.9 Å². The summed E-state index contributed by atoms with van der Waals surface area (Å²) in [7, 11) is 1.53. The lowest BCUT2D eigenvalue weighted by Crippen LogP contribution is -2.70. The van der Waals surface area contributed by atoms with Gasteiger partial charge in [0.1, 0.15) is 17.5 Å². The third kappa shape index (κ3) is 4.16. The van der Waals surface area contributed by atoms with Gasteiger partial charge in [-0.05, 0) is 39.1 Å². The molecule has 0 bridgehead atoms. The van der Waals surface area contributed by atoms with Crippen LogP contribution < -0.4 is 10.6 Å². The maximum absolute atomic E-state index is 14.6. The monoisotopic (exact) mass is 436 g/mol. The van der Waals surface area contributed by atoms with Gasteiger partial charge in [0.2, 0.25) is 5.91 Å². The molecule has 1 aliphatic rings. The van der Waals surface area contributed by atoms with Crippen LogP contribution in [0.2, 0.25) is 0 Å². The Morgan fingerprint density at radius 3 is 2.83 bits per heavy atom. The number of anilines is 1. The number of thiocarbonyl (C=S) groups is 1. The highest BCUT2D eigenvalue weighted by molar-refractivity contribution is 7.80. The van der Waals surface area contributed by atoms with E-state index in [4.69, 9.17) is 21.5 Å². The SMILES string of the molecule is COC[C@H](C)N1C(=S)N[C@H](c2ccccc2F)[C@@H](C(=O)Nc2cc(C)on2)[C@@]1(C)O. The van der Waals surface area contributed by atoms with Crippen LogP contribution in [0.5, 0.6) is 0 Å². The first kappa shape index (κ1) is 22.1. The number of aromatic nitrogens is 1. The Bertz CT molecular complexity index is 935. The summed E-state index contributed by atoms with van der Waals surface area (Å²) in [4.78, 5) is 14.8. The molecule has 0 radical (unpaired) electrons. The summed E-state index contributed by atoms with van der Waals surface area (Å²) >= 11 is 5.48. The molecule has 1 saturated heterocycles. The number of benzene rings is 1. The van der Waals surface area contributed by atoms with Gasteiger partial charge in [0.25, 0.3) is 0 Å². The molecule has 1 amide bonds. The molecule has 30 heavy (non-hydrogen) atoms. The molecule has 1 aliphatic heterocycles. The minimum atomic E-state index is -1.75. The third-order valence-corrected chi connectivity index (χ3v) is 5.47. The van der Waals surface area contributed by atoms with Crippen molar-refractivity contribution >= 4 is 29.1 Å². The molecule has 10 heteroatoms. The Hall–Kier alpha value is -2.56. The number of methoxy groups -OCH3 is 1. The maximum Gasteiger partial charge on any atom is 0.236 e. The van der Waals surface area contributed by atoms with E-state index in [1.54, 1.807) is 31.2 Å². The Balaban J connectivity index is 2.04. The van der Waals surface area contributed by atoms with Crippen molar-refractivity contribution < 1.29 is 23.6 Å². The first-order valence-electron chi connectivity index (χ1n) is 9.46. The van der Waals surface area contributed by atoms with Crippen molar-refractivity contribution in [3.63, 3.8) is 0 Å². The highest BCUT2D eigenvalue weighted by atomic mass is 32.1. The van der Waals surface area contributed by atoms with Crippen LogP contribution in [0.4, 0.5) is 10.2 Å². The summed E-state index contributed by atoms with van der Waals surface area (Å²) in [6, 6.07) is 6.36. The second-order valence-electron chi connectivity index (χ2n) is 7.51. The molecule has 162 valence electrons. The van der Waals surface area contributed by atoms with Crippen molar-refractivity contribution in [1.29, 1.82) is 0 Å². The van der Waals surface area contributed by atoms with Crippen LogP contribution in [0.25, 0.3) is 0 Å². The van der Waals surface area contributed by atoms with E-state index >= 15 is 0 Å². The van der Waals surface area contributed by atoms with E-state index in [-0.39, 0.29) is 29.1 Å². The Kier molecular flexibility index (Phi) is 6.39. The van der Waals surface area contributed by atoms with Gasteiger partial charge in [0, 0.05) is 18.7 Å². The van der Waals surface area contributed by atoms with Crippen LogP contribution >= 0.6 is 12.2 Å². The van der Waals surface area contributed by atoms with Gasteiger partial charge in [-0.1, -0.05) is 23.4 Å².